The van der Waals surface area contributed by atoms with Crippen LogP contribution >= 0.6 is 0 Å². The Morgan fingerprint density at radius 2 is 2.03 bits per heavy atom. The van der Waals surface area contributed by atoms with Crippen molar-refractivity contribution >= 4 is 17.7 Å². The second-order valence-electron chi connectivity index (χ2n) is 6.79. The van der Waals surface area contributed by atoms with Crippen molar-refractivity contribution in [1.82, 2.24) is 25.3 Å². The van der Waals surface area contributed by atoms with E-state index in [1.165, 1.54) is 12.1 Å². The Bertz CT molecular complexity index is 988. The summed E-state index contributed by atoms with van der Waals surface area (Å²) >= 11 is 0. The second kappa shape index (κ2) is 9.13. The fourth-order valence-corrected chi connectivity index (χ4v) is 2.65. The highest BCUT2D eigenvalue weighted by Gasteiger charge is 2.14. The summed E-state index contributed by atoms with van der Waals surface area (Å²) < 4.78 is 14.8. The molecule has 0 spiro atoms. The number of aliphatic imine (C=N–C) groups is 1. The third kappa shape index (κ3) is 5.50. The standard InChI is InChI=1S/C20H24FN7O/c1-4-10-28-11-9-16(27-28)19(29)24-20(22-13(2)3)23-18-12-17(25-26-18)14-5-7-15(21)8-6-14/h5-9,11-13H,4,10H2,1-3H3,(H3,22,23,24,25,26,29). The normalized spacial score (nSPS) is 11.7. The van der Waals surface area contributed by atoms with Crippen LogP contribution in [0.25, 0.3) is 11.3 Å². The molecule has 0 atom stereocenters. The molecule has 3 aromatic rings. The smallest absolute Gasteiger partial charge is 0.278 e. The number of benzene rings is 1. The molecule has 8 nitrogen and oxygen atoms in total. The highest BCUT2D eigenvalue weighted by atomic mass is 19.1. The van der Waals surface area contributed by atoms with Crippen LogP contribution in [0.2, 0.25) is 0 Å². The van der Waals surface area contributed by atoms with Crippen molar-refractivity contribution in [3.05, 3.63) is 54.1 Å². The zero-order chi connectivity index (χ0) is 20.8. The van der Waals surface area contributed by atoms with Gasteiger partial charge in [0.1, 0.15) is 5.82 Å². The van der Waals surface area contributed by atoms with Gasteiger partial charge in [0.25, 0.3) is 5.91 Å². The fourth-order valence-electron chi connectivity index (χ4n) is 2.65. The average Bonchev–Trinajstić information content (AvgIpc) is 3.32. The maximum absolute atomic E-state index is 13.1. The predicted molar refractivity (Wildman–Crippen MR) is 110 cm³/mol. The van der Waals surface area contributed by atoms with Crippen molar-refractivity contribution in [2.45, 2.75) is 39.8 Å². The van der Waals surface area contributed by atoms with Crippen LogP contribution in [0, 0.1) is 5.82 Å². The number of hydrogen-bond acceptors (Lipinski definition) is 4. The summed E-state index contributed by atoms with van der Waals surface area (Å²) in [5.74, 6) is 0.0795. The first-order chi connectivity index (χ1) is 13.9. The van der Waals surface area contributed by atoms with Crippen LogP contribution in [0.4, 0.5) is 10.2 Å². The summed E-state index contributed by atoms with van der Waals surface area (Å²) in [6.07, 6.45) is 2.70. The van der Waals surface area contributed by atoms with E-state index in [1.807, 2.05) is 20.8 Å². The van der Waals surface area contributed by atoms with Gasteiger partial charge in [0.2, 0.25) is 5.96 Å². The predicted octanol–water partition coefficient (Wildman–Crippen LogP) is 3.43. The van der Waals surface area contributed by atoms with E-state index in [2.05, 4.69) is 30.9 Å². The molecule has 1 amide bonds. The van der Waals surface area contributed by atoms with Gasteiger partial charge >= 0.3 is 0 Å². The van der Waals surface area contributed by atoms with Crippen molar-refractivity contribution in [3.8, 4) is 11.3 Å². The number of carbonyl (C=O) groups is 1. The number of carbonyl (C=O) groups excluding carboxylic acids is 1. The third-order valence-electron chi connectivity index (χ3n) is 3.92. The largest absolute Gasteiger partial charge is 0.309 e. The van der Waals surface area contributed by atoms with E-state index in [9.17, 15) is 9.18 Å². The molecule has 0 fully saturated rings. The topological polar surface area (TPSA) is 100.0 Å². The van der Waals surface area contributed by atoms with Crippen LogP contribution in [0.5, 0.6) is 0 Å². The molecular formula is C20H24FN7O. The molecule has 0 saturated carbocycles. The van der Waals surface area contributed by atoms with Gasteiger partial charge in [-0.05, 0) is 56.2 Å². The zero-order valence-electron chi connectivity index (χ0n) is 16.6. The van der Waals surface area contributed by atoms with Crippen molar-refractivity contribution in [1.29, 1.82) is 0 Å². The van der Waals surface area contributed by atoms with E-state index in [0.717, 1.165) is 18.5 Å². The molecule has 9 heteroatoms. The molecule has 3 rings (SSSR count). The van der Waals surface area contributed by atoms with Gasteiger partial charge in [0.15, 0.2) is 11.5 Å². The highest BCUT2D eigenvalue weighted by Crippen LogP contribution is 2.20. The number of hydrogen-bond donors (Lipinski definition) is 3. The molecule has 0 saturated heterocycles. The van der Waals surface area contributed by atoms with E-state index < -0.39 is 0 Å². The summed E-state index contributed by atoms with van der Waals surface area (Å²) in [5, 5.41) is 17.1. The van der Waals surface area contributed by atoms with Crippen LogP contribution in [0.1, 0.15) is 37.7 Å². The van der Waals surface area contributed by atoms with Gasteiger partial charge in [-0.1, -0.05) is 6.92 Å². The third-order valence-corrected chi connectivity index (χ3v) is 3.92. The quantitative estimate of drug-likeness (QED) is 0.438. The lowest BCUT2D eigenvalue weighted by Crippen LogP contribution is -2.37. The molecular weight excluding hydrogens is 373 g/mol. The molecule has 2 aromatic heterocycles. The molecule has 0 bridgehead atoms. The minimum atomic E-state index is -0.360. The lowest BCUT2D eigenvalue weighted by molar-refractivity contribution is 0.0971. The molecule has 3 N–H and O–H groups in total. The van der Waals surface area contributed by atoms with Gasteiger partial charge in [-0.2, -0.15) is 10.2 Å². The minimum absolute atomic E-state index is 0.0500. The Labute approximate surface area is 168 Å². The number of nitrogens with one attached hydrogen (secondary N) is 3. The molecule has 0 aliphatic carbocycles. The lowest BCUT2D eigenvalue weighted by atomic mass is 10.1. The van der Waals surface area contributed by atoms with Crippen LogP contribution < -0.4 is 10.6 Å². The Balaban J connectivity index is 1.72. The molecule has 0 aliphatic rings. The molecule has 2 heterocycles. The van der Waals surface area contributed by atoms with Gasteiger partial charge in [-0.3, -0.25) is 19.9 Å². The Hall–Kier alpha value is -3.49. The van der Waals surface area contributed by atoms with E-state index in [-0.39, 0.29) is 23.7 Å². The summed E-state index contributed by atoms with van der Waals surface area (Å²) in [5.41, 5.74) is 1.81. The van der Waals surface area contributed by atoms with Crippen molar-refractivity contribution in [2.75, 3.05) is 5.32 Å². The average molecular weight is 397 g/mol. The summed E-state index contributed by atoms with van der Waals surface area (Å²) in [6.45, 7) is 6.59. The summed E-state index contributed by atoms with van der Waals surface area (Å²) in [7, 11) is 0. The molecule has 29 heavy (non-hydrogen) atoms. The molecule has 0 unspecified atom stereocenters. The van der Waals surface area contributed by atoms with Gasteiger partial charge in [-0.15, -0.1) is 0 Å². The van der Waals surface area contributed by atoms with Gasteiger partial charge in [0.05, 0.1) is 5.69 Å². The number of anilines is 1. The van der Waals surface area contributed by atoms with Crippen LogP contribution in [0.3, 0.4) is 0 Å². The maximum atomic E-state index is 13.1. The van der Waals surface area contributed by atoms with E-state index in [0.29, 0.717) is 17.2 Å². The number of halogens is 1. The van der Waals surface area contributed by atoms with Gasteiger partial charge in [-0.25, -0.2) is 9.38 Å². The van der Waals surface area contributed by atoms with Crippen molar-refractivity contribution in [2.24, 2.45) is 4.99 Å². The second-order valence-corrected chi connectivity index (χ2v) is 6.79. The van der Waals surface area contributed by atoms with Gasteiger partial charge in [0, 0.05) is 24.8 Å². The van der Waals surface area contributed by atoms with Crippen LogP contribution in [0.15, 0.2) is 47.6 Å². The first-order valence-corrected chi connectivity index (χ1v) is 9.45. The lowest BCUT2D eigenvalue weighted by Gasteiger charge is -2.10. The van der Waals surface area contributed by atoms with Crippen molar-refractivity contribution in [3.63, 3.8) is 0 Å². The Morgan fingerprint density at radius 1 is 1.28 bits per heavy atom. The number of aromatic amines is 1. The van der Waals surface area contributed by atoms with Gasteiger partial charge < -0.3 is 5.32 Å². The molecule has 0 aliphatic heterocycles. The summed E-state index contributed by atoms with van der Waals surface area (Å²) in [4.78, 5) is 16.9. The molecule has 0 radical (unpaired) electrons. The van der Waals surface area contributed by atoms with E-state index in [1.54, 1.807) is 35.1 Å². The number of H-pyrrole nitrogens is 1. The first-order valence-electron chi connectivity index (χ1n) is 9.45. The van der Waals surface area contributed by atoms with E-state index in [4.69, 9.17) is 0 Å². The molecule has 1 aromatic carbocycles. The number of rotatable bonds is 6. The number of amides is 1. The molecule has 152 valence electrons. The maximum Gasteiger partial charge on any atom is 0.278 e. The SMILES string of the molecule is CCCn1ccc(C(=O)NC(=NC(C)C)Nc2cc(-c3ccc(F)cc3)[nH]n2)n1. The van der Waals surface area contributed by atoms with Crippen LogP contribution in [-0.4, -0.2) is 37.9 Å². The first kappa shape index (κ1) is 20.2. The fraction of sp³-hybridized carbons (Fsp3) is 0.300. The number of aryl methyl sites for hydroxylation is 1. The highest BCUT2D eigenvalue weighted by molar-refractivity contribution is 6.09. The van der Waals surface area contributed by atoms with Crippen molar-refractivity contribution < 1.29 is 9.18 Å². The minimum Gasteiger partial charge on any atom is -0.309 e. The number of nitrogens with zero attached hydrogens (tertiary/aromatic N) is 4. The Morgan fingerprint density at radius 3 is 2.72 bits per heavy atom. The van der Waals surface area contributed by atoms with Crippen LogP contribution in [-0.2, 0) is 6.54 Å². The van der Waals surface area contributed by atoms with E-state index >= 15 is 0 Å². The number of guanidine groups is 1. The Kier molecular flexibility index (Phi) is 6.38. The number of aromatic nitrogens is 4. The summed E-state index contributed by atoms with van der Waals surface area (Å²) in [6, 6.07) is 9.45. The zero-order valence-corrected chi connectivity index (χ0v) is 16.6. The monoisotopic (exact) mass is 397 g/mol.